The van der Waals surface area contributed by atoms with Crippen LogP contribution in [0.25, 0.3) is 0 Å². The van der Waals surface area contributed by atoms with Gasteiger partial charge in [-0.05, 0) is 54.9 Å². The zero-order valence-corrected chi connectivity index (χ0v) is 12.7. The molecule has 0 aliphatic carbocycles. The largest absolute Gasteiger partial charge is 0.493 e. The lowest BCUT2D eigenvalue weighted by atomic mass is 10.0. The zero-order chi connectivity index (χ0) is 14.9. The van der Waals surface area contributed by atoms with Gasteiger partial charge >= 0.3 is 0 Å². The van der Waals surface area contributed by atoms with Crippen LogP contribution in [0.2, 0.25) is 0 Å². The van der Waals surface area contributed by atoms with E-state index < -0.39 is 0 Å². The quantitative estimate of drug-likeness (QED) is 0.493. The van der Waals surface area contributed by atoms with Crippen molar-refractivity contribution in [3.63, 3.8) is 0 Å². The second-order valence-corrected chi connectivity index (χ2v) is 5.30. The molecule has 1 nitrogen and oxygen atoms in total. The fraction of sp³-hybridized carbons (Fsp3) is 0.300. The van der Waals surface area contributed by atoms with Gasteiger partial charge in [-0.15, -0.1) is 0 Å². The van der Waals surface area contributed by atoms with Crippen LogP contribution >= 0.6 is 0 Å². The predicted molar refractivity (Wildman–Crippen MR) is 90.8 cm³/mol. The first-order valence-electron chi connectivity index (χ1n) is 7.70. The topological polar surface area (TPSA) is 9.23 Å². The lowest BCUT2D eigenvalue weighted by Gasteiger charge is -2.17. The van der Waals surface area contributed by atoms with Gasteiger partial charge in [0.05, 0.1) is 6.61 Å². The maximum Gasteiger partial charge on any atom is 0.122 e. The van der Waals surface area contributed by atoms with Gasteiger partial charge in [0.15, 0.2) is 0 Å². The lowest BCUT2D eigenvalue weighted by Crippen LogP contribution is -2.08. The van der Waals surface area contributed by atoms with Crippen molar-refractivity contribution in [2.45, 2.75) is 32.1 Å². The molecule has 0 spiro atoms. The summed E-state index contributed by atoms with van der Waals surface area (Å²) in [7, 11) is 0. The van der Waals surface area contributed by atoms with Gasteiger partial charge in [0.25, 0.3) is 0 Å². The Bertz CT molecular complexity index is 549. The molecule has 1 aromatic carbocycles. The van der Waals surface area contributed by atoms with Gasteiger partial charge in [-0.2, -0.15) is 0 Å². The molecular formula is C20H24O. The number of aryl methyl sites for hydroxylation is 2. The van der Waals surface area contributed by atoms with Crippen molar-refractivity contribution < 1.29 is 4.74 Å². The van der Waals surface area contributed by atoms with Gasteiger partial charge in [0, 0.05) is 0 Å². The number of rotatable bonds is 7. The van der Waals surface area contributed by atoms with E-state index in [1.54, 1.807) is 6.08 Å². The van der Waals surface area contributed by atoms with Crippen LogP contribution in [0.1, 0.15) is 30.4 Å². The second kappa shape index (κ2) is 8.31. The third kappa shape index (κ3) is 4.78. The summed E-state index contributed by atoms with van der Waals surface area (Å²) in [6.45, 7) is 8.35. The molecule has 0 amide bonds. The minimum absolute atomic E-state index is 0.862. The standard InChI is InChI=1S/C20H24O/c1-3-9-17(4-2)10-6-5-7-11-18-13-14-20-19(16-18)12-8-15-21-20/h3-4,6,9-10,13-14,16H,1-2,5,7-8,11-12,15H2/b10-6-,17-9-. The smallest absolute Gasteiger partial charge is 0.122 e. The van der Waals surface area contributed by atoms with Crippen molar-refractivity contribution in [1.29, 1.82) is 0 Å². The minimum atomic E-state index is 0.862. The SMILES string of the molecule is C=C/C=C(C=C)\C=C/CCCc1ccc2c(c1)CCCO2. The average molecular weight is 280 g/mol. The summed E-state index contributed by atoms with van der Waals surface area (Å²) in [5, 5.41) is 0. The second-order valence-electron chi connectivity index (χ2n) is 5.30. The third-order valence-electron chi connectivity index (χ3n) is 3.67. The highest BCUT2D eigenvalue weighted by molar-refractivity contribution is 5.38. The molecule has 0 aromatic heterocycles. The summed E-state index contributed by atoms with van der Waals surface area (Å²) in [5.74, 6) is 1.08. The fourth-order valence-corrected chi connectivity index (χ4v) is 2.54. The fourth-order valence-electron chi connectivity index (χ4n) is 2.54. The number of allylic oxidation sites excluding steroid dienone is 6. The Hall–Kier alpha value is -2.02. The zero-order valence-electron chi connectivity index (χ0n) is 12.7. The maximum absolute atomic E-state index is 5.65. The van der Waals surface area contributed by atoms with Crippen LogP contribution in [0.4, 0.5) is 0 Å². The number of benzene rings is 1. The van der Waals surface area contributed by atoms with Crippen LogP contribution in [-0.2, 0) is 12.8 Å². The molecule has 0 saturated heterocycles. The van der Waals surface area contributed by atoms with Crippen molar-refractivity contribution >= 4 is 0 Å². The molecule has 110 valence electrons. The molecule has 0 unspecified atom stereocenters. The molecule has 0 atom stereocenters. The highest BCUT2D eigenvalue weighted by Crippen LogP contribution is 2.26. The monoisotopic (exact) mass is 280 g/mol. The van der Waals surface area contributed by atoms with E-state index in [1.165, 1.54) is 11.1 Å². The van der Waals surface area contributed by atoms with Crippen LogP contribution in [-0.4, -0.2) is 6.61 Å². The van der Waals surface area contributed by atoms with E-state index in [2.05, 4.69) is 43.5 Å². The normalized spacial score (nSPS) is 14.6. The summed E-state index contributed by atoms with van der Waals surface area (Å²) in [6.07, 6.45) is 15.6. The average Bonchev–Trinajstić information content (AvgIpc) is 2.53. The van der Waals surface area contributed by atoms with E-state index in [0.717, 1.165) is 50.0 Å². The van der Waals surface area contributed by atoms with E-state index in [1.807, 2.05) is 12.2 Å². The van der Waals surface area contributed by atoms with Crippen molar-refractivity contribution in [1.82, 2.24) is 0 Å². The molecule has 0 fully saturated rings. The van der Waals surface area contributed by atoms with Crippen molar-refractivity contribution in [3.05, 3.63) is 78.4 Å². The maximum atomic E-state index is 5.65. The van der Waals surface area contributed by atoms with Gasteiger partial charge in [0.1, 0.15) is 5.75 Å². The van der Waals surface area contributed by atoms with Crippen LogP contribution in [0.15, 0.2) is 67.3 Å². The first kappa shape index (κ1) is 15.4. The van der Waals surface area contributed by atoms with Crippen LogP contribution < -0.4 is 4.74 Å². The molecule has 0 radical (unpaired) electrons. The molecule has 0 N–H and O–H groups in total. The summed E-state index contributed by atoms with van der Waals surface area (Å²) in [4.78, 5) is 0. The summed E-state index contributed by atoms with van der Waals surface area (Å²) in [5.41, 5.74) is 3.89. The van der Waals surface area contributed by atoms with Crippen molar-refractivity contribution in [3.8, 4) is 5.75 Å². The number of ether oxygens (including phenoxy) is 1. The van der Waals surface area contributed by atoms with Gasteiger partial charge in [-0.25, -0.2) is 0 Å². The Morgan fingerprint density at radius 1 is 1.29 bits per heavy atom. The highest BCUT2D eigenvalue weighted by Gasteiger charge is 2.09. The number of hydrogen-bond acceptors (Lipinski definition) is 1. The Morgan fingerprint density at radius 3 is 3.00 bits per heavy atom. The number of hydrogen-bond donors (Lipinski definition) is 0. The van der Waals surface area contributed by atoms with Gasteiger partial charge in [-0.3, -0.25) is 0 Å². The predicted octanol–water partition coefficient (Wildman–Crippen LogP) is 5.19. The molecule has 1 heteroatoms. The Morgan fingerprint density at radius 2 is 2.19 bits per heavy atom. The first-order chi connectivity index (χ1) is 10.3. The Labute approximate surface area is 128 Å². The van der Waals surface area contributed by atoms with Crippen LogP contribution in [0.3, 0.4) is 0 Å². The summed E-state index contributed by atoms with van der Waals surface area (Å²) >= 11 is 0. The van der Waals surface area contributed by atoms with E-state index in [-0.39, 0.29) is 0 Å². The van der Waals surface area contributed by atoms with E-state index in [9.17, 15) is 0 Å². The molecule has 1 heterocycles. The minimum Gasteiger partial charge on any atom is -0.493 e. The van der Waals surface area contributed by atoms with Crippen LogP contribution in [0, 0.1) is 0 Å². The number of unbranched alkanes of at least 4 members (excludes halogenated alkanes) is 1. The molecule has 0 saturated carbocycles. The Kier molecular flexibility index (Phi) is 6.08. The van der Waals surface area contributed by atoms with Crippen molar-refractivity contribution in [2.24, 2.45) is 0 Å². The lowest BCUT2D eigenvalue weighted by molar-refractivity contribution is 0.288. The van der Waals surface area contributed by atoms with Gasteiger partial charge in [0.2, 0.25) is 0 Å². The Balaban J connectivity index is 1.81. The molecule has 0 bridgehead atoms. The van der Waals surface area contributed by atoms with Crippen molar-refractivity contribution in [2.75, 3.05) is 6.61 Å². The molecule has 1 aliphatic heterocycles. The first-order valence-corrected chi connectivity index (χ1v) is 7.70. The van der Waals surface area contributed by atoms with Gasteiger partial charge < -0.3 is 4.74 Å². The molecule has 21 heavy (non-hydrogen) atoms. The van der Waals surface area contributed by atoms with Crippen LogP contribution in [0.5, 0.6) is 5.75 Å². The third-order valence-corrected chi connectivity index (χ3v) is 3.67. The summed E-state index contributed by atoms with van der Waals surface area (Å²) < 4.78 is 5.65. The summed E-state index contributed by atoms with van der Waals surface area (Å²) in [6, 6.07) is 6.63. The molecule has 1 aliphatic rings. The molecular weight excluding hydrogens is 256 g/mol. The van der Waals surface area contributed by atoms with E-state index in [0.29, 0.717) is 0 Å². The van der Waals surface area contributed by atoms with E-state index >= 15 is 0 Å². The molecule has 2 rings (SSSR count). The van der Waals surface area contributed by atoms with E-state index in [4.69, 9.17) is 4.74 Å². The number of fused-ring (bicyclic) bond motifs is 1. The van der Waals surface area contributed by atoms with Gasteiger partial charge in [-0.1, -0.05) is 55.7 Å². The molecule has 1 aromatic rings. The highest BCUT2D eigenvalue weighted by atomic mass is 16.5.